The largest absolute Gasteiger partial charge is 0.451 e. The fourth-order valence-electron chi connectivity index (χ4n) is 2.55. The first kappa shape index (κ1) is 20.8. The average Bonchev–Trinajstić information content (AvgIpc) is 2.94. The first-order valence-electron chi connectivity index (χ1n) is 8.34. The first-order valence-corrected chi connectivity index (χ1v) is 8.34. The molecule has 0 unspecified atom stereocenters. The van der Waals surface area contributed by atoms with Crippen molar-refractivity contribution in [2.24, 2.45) is 0 Å². The third-order valence-corrected chi connectivity index (χ3v) is 4.10. The molecule has 2 rings (SSSR count). The van der Waals surface area contributed by atoms with E-state index in [-0.39, 0.29) is 18.2 Å². The van der Waals surface area contributed by atoms with E-state index in [9.17, 15) is 22.8 Å². The number of likely N-dealkylation sites (N-methyl/N-ethyl adjacent to an activating group) is 2. The van der Waals surface area contributed by atoms with E-state index < -0.39 is 18.6 Å². The van der Waals surface area contributed by atoms with Crippen molar-refractivity contribution in [2.45, 2.75) is 13.1 Å². The summed E-state index contributed by atoms with van der Waals surface area (Å²) in [7, 11) is 3.20. The van der Waals surface area contributed by atoms with Crippen LogP contribution >= 0.6 is 0 Å². The molecule has 148 valence electrons. The van der Waals surface area contributed by atoms with E-state index in [4.69, 9.17) is 4.42 Å². The highest BCUT2D eigenvalue weighted by molar-refractivity contribution is 5.98. The second kappa shape index (κ2) is 8.43. The van der Waals surface area contributed by atoms with Crippen LogP contribution in [0.3, 0.4) is 0 Å². The third kappa shape index (κ3) is 5.72. The lowest BCUT2D eigenvalue weighted by Gasteiger charge is -2.21. The van der Waals surface area contributed by atoms with Crippen molar-refractivity contribution in [3.63, 3.8) is 0 Å². The molecule has 1 heterocycles. The highest BCUT2D eigenvalue weighted by atomic mass is 19.4. The lowest BCUT2D eigenvalue weighted by Crippen LogP contribution is -2.42. The van der Waals surface area contributed by atoms with Gasteiger partial charge < -0.3 is 14.6 Å². The van der Waals surface area contributed by atoms with Crippen molar-refractivity contribution >= 4 is 22.8 Å². The Hall–Kier alpha value is -2.55. The van der Waals surface area contributed by atoms with Crippen LogP contribution in [0.2, 0.25) is 0 Å². The number of hydrogen-bond donors (Lipinski definition) is 1. The number of alkyl halides is 3. The number of nitrogens with zero attached hydrogens (tertiary/aromatic N) is 2. The van der Waals surface area contributed by atoms with Gasteiger partial charge in [0, 0.05) is 31.1 Å². The maximum atomic E-state index is 12.6. The summed E-state index contributed by atoms with van der Waals surface area (Å²) in [4.78, 5) is 27.1. The number of nitrogens with one attached hydrogen (secondary N) is 1. The molecule has 27 heavy (non-hydrogen) atoms. The van der Waals surface area contributed by atoms with Gasteiger partial charge in [-0.05, 0) is 20.0 Å². The predicted octanol–water partition coefficient (Wildman–Crippen LogP) is 2.42. The zero-order valence-corrected chi connectivity index (χ0v) is 15.4. The number of hydrogen-bond acceptors (Lipinski definition) is 4. The summed E-state index contributed by atoms with van der Waals surface area (Å²) in [6.07, 6.45) is -4.44. The molecule has 2 aromatic rings. The number of carbonyl (C=O) groups is 2. The average molecular weight is 385 g/mol. The summed E-state index contributed by atoms with van der Waals surface area (Å²) in [6.45, 7) is 0.870. The predicted molar refractivity (Wildman–Crippen MR) is 94.5 cm³/mol. The Balaban J connectivity index is 1.87. The van der Waals surface area contributed by atoms with Crippen LogP contribution in [0.1, 0.15) is 16.1 Å². The number of rotatable bonds is 7. The van der Waals surface area contributed by atoms with Crippen LogP contribution in [0.5, 0.6) is 0 Å². The molecule has 0 aliphatic rings. The third-order valence-electron chi connectivity index (χ3n) is 4.10. The highest BCUT2D eigenvalue weighted by Gasteiger charge is 2.28. The molecule has 0 aliphatic carbocycles. The maximum absolute atomic E-state index is 12.6. The molecular formula is C18H22F3N3O3. The minimum absolute atomic E-state index is 0.193. The van der Waals surface area contributed by atoms with E-state index in [1.54, 1.807) is 25.1 Å². The van der Waals surface area contributed by atoms with Crippen LogP contribution < -0.4 is 5.32 Å². The number of para-hydroxylation sites is 1. The minimum Gasteiger partial charge on any atom is -0.451 e. The van der Waals surface area contributed by atoms with Gasteiger partial charge in [-0.3, -0.25) is 14.5 Å². The Labute approximate surface area is 154 Å². The molecule has 1 aromatic heterocycles. The maximum Gasteiger partial charge on any atom is 0.405 e. The van der Waals surface area contributed by atoms with E-state index in [1.165, 1.54) is 4.90 Å². The van der Waals surface area contributed by atoms with E-state index in [1.807, 2.05) is 30.4 Å². The number of furan rings is 1. The molecule has 0 aliphatic heterocycles. The van der Waals surface area contributed by atoms with Crippen LogP contribution in [0.25, 0.3) is 11.0 Å². The van der Waals surface area contributed by atoms with Crippen molar-refractivity contribution in [3.05, 3.63) is 35.6 Å². The Morgan fingerprint density at radius 3 is 2.44 bits per heavy atom. The van der Waals surface area contributed by atoms with Crippen LogP contribution in [0.15, 0.2) is 28.7 Å². The summed E-state index contributed by atoms with van der Waals surface area (Å²) < 4.78 is 41.9. The molecule has 1 N–H and O–H groups in total. The van der Waals surface area contributed by atoms with E-state index in [0.717, 1.165) is 10.9 Å². The van der Waals surface area contributed by atoms with Gasteiger partial charge >= 0.3 is 6.18 Å². The van der Waals surface area contributed by atoms with Crippen molar-refractivity contribution in [1.82, 2.24) is 15.1 Å². The lowest BCUT2D eigenvalue weighted by atomic mass is 10.1. The Morgan fingerprint density at radius 1 is 1.15 bits per heavy atom. The van der Waals surface area contributed by atoms with Gasteiger partial charge in [-0.1, -0.05) is 18.2 Å². The number of aryl methyl sites for hydroxylation is 1. The van der Waals surface area contributed by atoms with Gasteiger partial charge in [0.25, 0.3) is 5.91 Å². The van der Waals surface area contributed by atoms with Crippen LogP contribution in [0, 0.1) is 6.92 Å². The number of benzene rings is 1. The molecular weight excluding hydrogens is 363 g/mol. The summed E-state index contributed by atoms with van der Waals surface area (Å²) in [5.41, 5.74) is 1.38. The summed E-state index contributed by atoms with van der Waals surface area (Å²) in [6, 6.07) is 7.34. The van der Waals surface area contributed by atoms with Gasteiger partial charge in [0.2, 0.25) is 5.91 Å². The van der Waals surface area contributed by atoms with Crippen molar-refractivity contribution in [2.75, 3.05) is 40.3 Å². The van der Waals surface area contributed by atoms with Crippen LogP contribution in [-0.2, 0) is 4.79 Å². The molecule has 0 saturated heterocycles. The number of fused-ring (bicyclic) bond motifs is 1. The normalized spacial score (nSPS) is 11.8. The molecule has 0 saturated carbocycles. The van der Waals surface area contributed by atoms with Crippen LogP contribution in [0.4, 0.5) is 13.2 Å². The van der Waals surface area contributed by atoms with Crippen molar-refractivity contribution in [3.8, 4) is 0 Å². The smallest absolute Gasteiger partial charge is 0.405 e. The Kier molecular flexibility index (Phi) is 6.48. The van der Waals surface area contributed by atoms with Gasteiger partial charge in [0.1, 0.15) is 12.1 Å². The molecule has 0 fully saturated rings. The van der Waals surface area contributed by atoms with Gasteiger partial charge in [-0.15, -0.1) is 0 Å². The fourth-order valence-corrected chi connectivity index (χ4v) is 2.55. The lowest BCUT2D eigenvalue weighted by molar-refractivity contribution is -0.138. The Bertz CT molecular complexity index is 817. The van der Waals surface area contributed by atoms with E-state index in [0.29, 0.717) is 18.7 Å². The molecule has 0 atom stereocenters. The van der Waals surface area contributed by atoms with Crippen molar-refractivity contribution in [1.29, 1.82) is 0 Å². The molecule has 9 heteroatoms. The summed E-state index contributed by atoms with van der Waals surface area (Å²) in [5.74, 6) is -0.764. The number of halogens is 3. The molecule has 0 spiro atoms. The first-order chi connectivity index (χ1) is 12.6. The number of carbonyl (C=O) groups excluding carboxylic acids is 2. The molecule has 0 bridgehead atoms. The summed E-state index contributed by atoms with van der Waals surface area (Å²) >= 11 is 0. The second-order valence-corrected chi connectivity index (χ2v) is 6.41. The minimum atomic E-state index is -4.44. The Morgan fingerprint density at radius 2 is 1.81 bits per heavy atom. The van der Waals surface area contributed by atoms with E-state index in [2.05, 4.69) is 0 Å². The quantitative estimate of drug-likeness (QED) is 0.795. The van der Waals surface area contributed by atoms with Gasteiger partial charge in [0.15, 0.2) is 5.76 Å². The van der Waals surface area contributed by atoms with E-state index >= 15 is 0 Å². The van der Waals surface area contributed by atoms with Crippen LogP contribution in [-0.4, -0.2) is 68.1 Å². The van der Waals surface area contributed by atoms with Crippen molar-refractivity contribution < 1.29 is 27.2 Å². The number of amides is 2. The second-order valence-electron chi connectivity index (χ2n) is 6.41. The molecule has 0 radical (unpaired) electrons. The summed E-state index contributed by atoms with van der Waals surface area (Å²) in [5, 5.41) is 2.68. The zero-order chi connectivity index (χ0) is 20.2. The van der Waals surface area contributed by atoms with Gasteiger partial charge in [0.05, 0.1) is 6.54 Å². The topological polar surface area (TPSA) is 65.8 Å². The van der Waals surface area contributed by atoms with Gasteiger partial charge in [-0.25, -0.2) is 0 Å². The monoisotopic (exact) mass is 385 g/mol. The molecule has 1 aromatic carbocycles. The SMILES string of the molecule is Cc1c(C(=O)N(C)CCN(C)CC(=O)NCC(F)(F)F)oc2ccccc12. The standard InChI is InChI=1S/C18H22F3N3O3/c1-12-13-6-4-5-7-14(13)27-16(12)17(26)24(3)9-8-23(2)10-15(25)22-11-18(19,20)21/h4-7H,8-11H2,1-3H3,(H,22,25). The highest BCUT2D eigenvalue weighted by Crippen LogP contribution is 2.25. The zero-order valence-electron chi connectivity index (χ0n) is 15.4. The molecule has 2 amide bonds. The molecule has 6 nitrogen and oxygen atoms in total. The van der Waals surface area contributed by atoms with Gasteiger partial charge in [-0.2, -0.15) is 13.2 Å². The fraction of sp³-hybridized carbons (Fsp3) is 0.444.